The lowest BCUT2D eigenvalue weighted by atomic mass is 9.81. The highest BCUT2D eigenvalue weighted by molar-refractivity contribution is 7.10. The van der Waals surface area contributed by atoms with Crippen molar-refractivity contribution in [2.75, 3.05) is 49.5 Å². The van der Waals surface area contributed by atoms with Crippen molar-refractivity contribution >= 4 is 33.9 Å². The molecule has 0 bridgehead atoms. The van der Waals surface area contributed by atoms with E-state index < -0.39 is 28.6 Å². The molecule has 1 atom stereocenters. The second-order valence-corrected chi connectivity index (χ2v) is 10.9. The fraction of sp³-hybridized carbons (Fsp3) is 0.379. The van der Waals surface area contributed by atoms with E-state index in [2.05, 4.69) is 15.1 Å². The number of aromatic nitrogens is 1. The minimum atomic E-state index is -4.36. The quantitative estimate of drug-likeness (QED) is 0.196. The Balaban J connectivity index is 1.33. The van der Waals surface area contributed by atoms with Crippen molar-refractivity contribution in [3.8, 4) is 0 Å². The molecular weight excluding hydrogens is 571 g/mol. The van der Waals surface area contributed by atoms with E-state index >= 15 is 0 Å². The lowest BCUT2D eigenvalue weighted by Gasteiger charge is -2.36. The van der Waals surface area contributed by atoms with Crippen LogP contribution in [-0.2, 0) is 22.1 Å². The average Bonchev–Trinajstić information content (AvgIpc) is 3.37. The van der Waals surface area contributed by atoms with Gasteiger partial charge in [-0.3, -0.25) is 15.0 Å². The highest BCUT2D eigenvalue weighted by Gasteiger charge is 2.37. The smallest absolute Gasteiger partial charge is 0.416 e. The monoisotopic (exact) mass is 601 g/mol. The first-order valence-electron chi connectivity index (χ1n) is 13.6. The number of nitrogens with zero attached hydrogens (tertiary/aromatic N) is 4. The van der Waals surface area contributed by atoms with Crippen molar-refractivity contribution in [1.29, 1.82) is 0 Å². The number of nitro benzene ring substituents is 1. The fourth-order valence-corrected chi connectivity index (χ4v) is 6.41. The van der Waals surface area contributed by atoms with E-state index in [0.29, 0.717) is 42.9 Å². The Bertz CT molecular complexity index is 1500. The summed E-state index contributed by atoms with van der Waals surface area (Å²) < 4.78 is 48.9. The first-order chi connectivity index (χ1) is 20.1. The molecule has 42 heavy (non-hydrogen) atoms. The molecule has 1 fully saturated rings. The summed E-state index contributed by atoms with van der Waals surface area (Å²) in [5, 5.41) is 15.6. The van der Waals surface area contributed by atoms with Gasteiger partial charge >= 0.3 is 12.1 Å². The molecule has 1 unspecified atom stereocenters. The van der Waals surface area contributed by atoms with Crippen LogP contribution in [0.15, 0.2) is 59.8 Å². The van der Waals surface area contributed by atoms with Crippen molar-refractivity contribution in [3.63, 3.8) is 0 Å². The van der Waals surface area contributed by atoms with Gasteiger partial charge in [0.2, 0.25) is 0 Å². The zero-order valence-corrected chi connectivity index (χ0v) is 23.9. The molecule has 3 heterocycles. The molecule has 1 aromatic heterocycles. The fourth-order valence-electron chi connectivity index (χ4n) is 5.48. The lowest BCUT2D eigenvalue weighted by molar-refractivity contribution is -0.384. The lowest BCUT2D eigenvalue weighted by Crippen LogP contribution is -2.47. The summed E-state index contributed by atoms with van der Waals surface area (Å²) in [6.45, 7) is 7.20. The number of allylic oxidation sites excluding steroid dienone is 1. The zero-order chi connectivity index (χ0) is 30.0. The van der Waals surface area contributed by atoms with Crippen LogP contribution in [0.25, 0.3) is 0 Å². The Kier molecular flexibility index (Phi) is 8.50. The number of alkyl halides is 3. The van der Waals surface area contributed by atoms with Crippen molar-refractivity contribution in [2.24, 2.45) is 0 Å². The number of fused-ring (bicyclic) bond motifs is 1. The molecule has 1 N–H and O–H groups in total. The minimum Gasteiger partial charge on any atom is -0.463 e. The molecule has 2 aliphatic heterocycles. The molecule has 13 heteroatoms. The third kappa shape index (κ3) is 6.12. The summed E-state index contributed by atoms with van der Waals surface area (Å²) in [6, 6.07) is 11.6. The number of nitro groups is 1. The van der Waals surface area contributed by atoms with Gasteiger partial charge in [-0.1, -0.05) is 12.1 Å². The van der Waals surface area contributed by atoms with Gasteiger partial charge in [0.05, 0.1) is 28.4 Å². The Morgan fingerprint density at radius 1 is 1.17 bits per heavy atom. The molecule has 9 nitrogen and oxygen atoms in total. The number of non-ortho nitro benzene ring substituents is 1. The molecule has 2 aromatic carbocycles. The highest BCUT2D eigenvalue weighted by atomic mass is 32.1. The van der Waals surface area contributed by atoms with Crippen LogP contribution in [0.5, 0.6) is 0 Å². The van der Waals surface area contributed by atoms with E-state index in [-0.39, 0.29) is 12.3 Å². The van der Waals surface area contributed by atoms with Crippen LogP contribution < -0.4 is 10.2 Å². The minimum absolute atomic E-state index is 0.0656. The Morgan fingerprint density at radius 2 is 1.88 bits per heavy atom. The molecule has 0 spiro atoms. The molecule has 0 radical (unpaired) electrons. The van der Waals surface area contributed by atoms with E-state index in [4.69, 9.17) is 9.11 Å². The van der Waals surface area contributed by atoms with E-state index in [1.54, 1.807) is 26.0 Å². The number of ether oxygens (including phenoxy) is 1. The van der Waals surface area contributed by atoms with Gasteiger partial charge in [0, 0.05) is 74.1 Å². The second-order valence-electron chi connectivity index (χ2n) is 10.2. The number of esters is 1. The first kappa shape index (κ1) is 29.5. The molecule has 3 aromatic rings. The standard InChI is InChI=1S/C29H30F3N5O4S/c1-3-41-28(38)24-18(2)33-27-26(25(24)19-5-4-6-22(17-19)37(39)40)23(34-42-27)11-12-35-13-15-36(16-14-35)21-9-7-20(8-10-21)29(30,31)32/h4-10,17,25,33H,3,11-16H2,1-2H3. The predicted molar refractivity (Wildman–Crippen MR) is 154 cm³/mol. The maximum Gasteiger partial charge on any atom is 0.416 e. The van der Waals surface area contributed by atoms with Crippen molar-refractivity contribution in [2.45, 2.75) is 32.4 Å². The average molecular weight is 602 g/mol. The first-order valence-corrected chi connectivity index (χ1v) is 14.4. The summed E-state index contributed by atoms with van der Waals surface area (Å²) in [4.78, 5) is 28.6. The summed E-state index contributed by atoms with van der Waals surface area (Å²) in [5.41, 5.74) is 3.28. The summed E-state index contributed by atoms with van der Waals surface area (Å²) >= 11 is 1.29. The van der Waals surface area contributed by atoms with Crippen LogP contribution in [0.1, 0.15) is 42.1 Å². The number of benzene rings is 2. The number of hydrogen-bond acceptors (Lipinski definition) is 9. The molecule has 222 valence electrons. The molecule has 5 rings (SSSR count). The van der Waals surface area contributed by atoms with Crippen LogP contribution in [-0.4, -0.2) is 59.5 Å². The van der Waals surface area contributed by atoms with Crippen LogP contribution >= 0.6 is 11.5 Å². The van der Waals surface area contributed by atoms with E-state index in [0.717, 1.165) is 47.2 Å². The third-order valence-electron chi connectivity index (χ3n) is 7.59. The molecular formula is C29H30F3N5O4S. The van der Waals surface area contributed by atoms with Gasteiger partial charge in [0.25, 0.3) is 5.69 Å². The molecule has 2 aliphatic rings. The molecule has 0 aliphatic carbocycles. The number of carbonyl (C=O) groups is 1. The van der Waals surface area contributed by atoms with Crippen LogP contribution in [0, 0.1) is 10.1 Å². The molecule has 0 saturated carbocycles. The molecule has 1 saturated heterocycles. The molecule has 0 amide bonds. The van der Waals surface area contributed by atoms with Gasteiger partial charge in [0.1, 0.15) is 5.00 Å². The van der Waals surface area contributed by atoms with Crippen molar-refractivity contribution in [3.05, 3.63) is 92.3 Å². The Hall–Kier alpha value is -3.97. The van der Waals surface area contributed by atoms with Gasteiger partial charge in [-0.25, -0.2) is 4.79 Å². The largest absolute Gasteiger partial charge is 0.463 e. The van der Waals surface area contributed by atoms with E-state index in [1.165, 1.54) is 35.8 Å². The Labute approximate surface area is 244 Å². The SMILES string of the molecule is CCOC(=O)C1=C(C)Nc2snc(CCN3CCN(c4ccc(C(F)(F)F)cc4)CC3)c2C1c1cccc([N+](=O)[O-])c1. The summed E-state index contributed by atoms with van der Waals surface area (Å²) in [6.07, 6.45) is -3.77. The summed E-state index contributed by atoms with van der Waals surface area (Å²) in [7, 11) is 0. The van der Waals surface area contributed by atoms with Gasteiger partial charge in [-0.05, 0) is 55.2 Å². The van der Waals surface area contributed by atoms with Gasteiger partial charge < -0.3 is 15.0 Å². The van der Waals surface area contributed by atoms with Crippen LogP contribution in [0.2, 0.25) is 0 Å². The van der Waals surface area contributed by atoms with Crippen molar-refractivity contribution < 1.29 is 27.6 Å². The predicted octanol–water partition coefficient (Wildman–Crippen LogP) is 5.83. The topological polar surface area (TPSA) is 101 Å². The number of rotatable bonds is 8. The second kappa shape index (κ2) is 12.1. The van der Waals surface area contributed by atoms with Crippen LogP contribution in [0.4, 0.5) is 29.5 Å². The van der Waals surface area contributed by atoms with Gasteiger partial charge in [-0.15, -0.1) is 0 Å². The maximum atomic E-state index is 13.1. The number of halogens is 3. The zero-order valence-electron chi connectivity index (χ0n) is 23.1. The third-order valence-corrected chi connectivity index (χ3v) is 8.41. The van der Waals surface area contributed by atoms with Crippen LogP contribution in [0.3, 0.4) is 0 Å². The summed E-state index contributed by atoms with van der Waals surface area (Å²) in [5.74, 6) is -1.06. The van der Waals surface area contributed by atoms with Crippen molar-refractivity contribution in [1.82, 2.24) is 9.27 Å². The number of anilines is 2. The number of hydrogen-bond donors (Lipinski definition) is 1. The van der Waals surface area contributed by atoms with Gasteiger partial charge in [0.15, 0.2) is 0 Å². The normalized spacial score (nSPS) is 17.5. The number of carbonyl (C=O) groups excluding carboxylic acids is 1. The van der Waals surface area contributed by atoms with E-state index in [1.807, 2.05) is 0 Å². The highest BCUT2D eigenvalue weighted by Crippen LogP contribution is 2.46. The van der Waals surface area contributed by atoms with Gasteiger partial charge in [-0.2, -0.15) is 17.5 Å². The number of nitrogens with one attached hydrogen (secondary N) is 1. The number of piperazine rings is 1. The maximum absolute atomic E-state index is 13.1. The van der Waals surface area contributed by atoms with E-state index in [9.17, 15) is 28.1 Å². The Morgan fingerprint density at radius 3 is 2.52 bits per heavy atom.